The number of benzene rings is 2. The number of carbonyl (C=O) groups is 2. The highest BCUT2D eigenvalue weighted by Crippen LogP contribution is 2.31. The van der Waals surface area contributed by atoms with Gasteiger partial charge < -0.3 is 10.2 Å². The number of nitrogens with one attached hydrogen (secondary N) is 1. The molecule has 2 fully saturated rings. The first-order valence-corrected chi connectivity index (χ1v) is 10.4. The quantitative estimate of drug-likeness (QED) is 0.573. The van der Waals surface area contributed by atoms with Gasteiger partial charge in [-0.15, -0.1) is 0 Å². The molecule has 7 heteroatoms. The van der Waals surface area contributed by atoms with Gasteiger partial charge in [-0.25, -0.2) is 4.39 Å². The molecule has 0 atom stereocenters. The Hall–Kier alpha value is -1.95. The predicted octanol–water partition coefficient (Wildman–Crippen LogP) is 6.05. The van der Waals surface area contributed by atoms with E-state index in [-0.39, 0.29) is 18.0 Å². The van der Waals surface area contributed by atoms with E-state index in [1.807, 2.05) is 18.2 Å². The third-order valence-electron chi connectivity index (χ3n) is 4.63. The highest BCUT2D eigenvalue weighted by Gasteiger charge is 2.17. The van der Waals surface area contributed by atoms with Crippen LogP contribution >= 0.6 is 23.2 Å². The molecule has 164 valence electrons. The van der Waals surface area contributed by atoms with E-state index in [0.29, 0.717) is 16.9 Å². The topological polar surface area (TPSA) is 49.4 Å². The summed E-state index contributed by atoms with van der Waals surface area (Å²) < 4.78 is 12.6. The summed E-state index contributed by atoms with van der Waals surface area (Å²) >= 11 is 11.4. The molecule has 2 aliphatic heterocycles. The van der Waals surface area contributed by atoms with E-state index in [2.05, 4.69) is 10.2 Å². The second kappa shape index (κ2) is 14.1. The largest absolute Gasteiger partial charge is 0.370 e. The fourth-order valence-electron chi connectivity index (χ4n) is 3.14. The van der Waals surface area contributed by atoms with Gasteiger partial charge in [-0.3, -0.25) is 9.59 Å². The Kier molecular flexibility index (Phi) is 12.3. The number of nitrogens with zero attached hydrogens (tertiary/aromatic N) is 1. The molecule has 2 aromatic rings. The molecule has 0 aliphatic carbocycles. The van der Waals surface area contributed by atoms with E-state index in [0.717, 1.165) is 25.1 Å². The Morgan fingerprint density at radius 2 is 1.37 bits per heavy atom. The van der Waals surface area contributed by atoms with Crippen LogP contribution in [0.2, 0.25) is 10.0 Å². The summed E-state index contributed by atoms with van der Waals surface area (Å²) in [6.07, 6.45) is 6.45. The maximum atomic E-state index is 12.6. The van der Waals surface area contributed by atoms with Crippen molar-refractivity contribution in [3.05, 3.63) is 63.4 Å². The molecule has 0 spiro atoms. The van der Waals surface area contributed by atoms with Gasteiger partial charge in [0.05, 0.1) is 21.3 Å². The first-order chi connectivity index (χ1) is 14.1. The Morgan fingerprint density at radius 3 is 1.83 bits per heavy atom. The third-order valence-corrected chi connectivity index (χ3v) is 5.23. The minimum Gasteiger partial charge on any atom is -0.370 e. The van der Waals surface area contributed by atoms with Gasteiger partial charge in [0.15, 0.2) is 18.4 Å². The SMILES string of the molecule is C.C1CCNC1.O=Cc1cccc(Cl)c1F.O=Cc1cccc(Cl)c1N1CCCC1. The van der Waals surface area contributed by atoms with Gasteiger partial charge in [0.25, 0.3) is 0 Å². The minimum atomic E-state index is -0.654. The summed E-state index contributed by atoms with van der Waals surface area (Å²) in [5, 5.41) is 3.88. The van der Waals surface area contributed by atoms with Crippen molar-refractivity contribution in [2.24, 2.45) is 0 Å². The number of rotatable bonds is 3. The van der Waals surface area contributed by atoms with Gasteiger partial charge in [-0.05, 0) is 63.0 Å². The molecule has 2 aromatic carbocycles. The molecule has 0 unspecified atom stereocenters. The van der Waals surface area contributed by atoms with Crippen LogP contribution in [0.3, 0.4) is 0 Å². The summed E-state index contributed by atoms with van der Waals surface area (Å²) in [4.78, 5) is 23.1. The third kappa shape index (κ3) is 7.71. The van der Waals surface area contributed by atoms with Crippen LogP contribution in [0.5, 0.6) is 0 Å². The molecule has 4 rings (SSSR count). The lowest BCUT2D eigenvalue weighted by molar-refractivity contribution is 0.111. The lowest BCUT2D eigenvalue weighted by atomic mass is 10.2. The molecular formula is C23H29Cl2FN2O2. The van der Waals surface area contributed by atoms with Crippen molar-refractivity contribution in [2.75, 3.05) is 31.1 Å². The van der Waals surface area contributed by atoms with Crippen LogP contribution in [-0.2, 0) is 0 Å². The van der Waals surface area contributed by atoms with Crippen LogP contribution in [-0.4, -0.2) is 38.8 Å². The van der Waals surface area contributed by atoms with E-state index in [1.54, 1.807) is 0 Å². The average molecular weight is 455 g/mol. The van der Waals surface area contributed by atoms with Crippen LogP contribution in [0, 0.1) is 5.82 Å². The molecule has 0 saturated carbocycles. The Bertz CT molecular complexity index is 800. The van der Waals surface area contributed by atoms with Crippen molar-refractivity contribution in [1.29, 1.82) is 0 Å². The van der Waals surface area contributed by atoms with E-state index in [9.17, 15) is 14.0 Å². The van der Waals surface area contributed by atoms with Crippen molar-refractivity contribution in [3.8, 4) is 0 Å². The standard InChI is InChI=1S/C11H12ClNO.C7H4ClFO.C4H9N.CH4/c12-10-5-3-4-9(8-14)11(10)13-6-1-2-7-13;8-6-3-1-2-5(4-10)7(6)9;1-2-4-5-3-1;/h3-5,8H,1-2,6-7H2;1-4H;5H,1-4H2;1H4. The number of aldehydes is 2. The van der Waals surface area contributed by atoms with Crippen molar-refractivity contribution >= 4 is 41.5 Å². The van der Waals surface area contributed by atoms with Gasteiger partial charge in [0.2, 0.25) is 0 Å². The molecule has 30 heavy (non-hydrogen) atoms. The van der Waals surface area contributed by atoms with Crippen LogP contribution in [0.1, 0.15) is 53.8 Å². The second-order valence-electron chi connectivity index (χ2n) is 6.71. The van der Waals surface area contributed by atoms with Gasteiger partial charge in [-0.2, -0.15) is 0 Å². The molecule has 0 bridgehead atoms. The smallest absolute Gasteiger partial charge is 0.153 e. The first kappa shape index (κ1) is 26.1. The maximum Gasteiger partial charge on any atom is 0.153 e. The van der Waals surface area contributed by atoms with Crippen molar-refractivity contribution in [2.45, 2.75) is 33.1 Å². The van der Waals surface area contributed by atoms with Gasteiger partial charge in [0.1, 0.15) is 0 Å². The molecule has 2 saturated heterocycles. The van der Waals surface area contributed by atoms with E-state index in [4.69, 9.17) is 23.2 Å². The van der Waals surface area contributed by atoms with Gasteiger partial charge in [0, 0.05) is 18.7 Å². The highest BCUT2D eigenvalue weighted by molar-refractivity contribution is 6.34. The first-order valence-electron chi connectivity index (χ1n) is 9.67. The lowest BCUT2D eigenvalue weighted by Gasteiger charge is -2.20. The molecule has 0 radical (unpaired) electrons. The molecule has 4 nitrogen and oxygen atoms in total. The highest BCUT2D eigenvalue weighted by atomic mass is 35.5. The monoisotopic (exact) mass is 454 g/mol. The molecule has 2 aliphatic rings. The fourth-order valence-corrected chi connectivity index (χ4v) is 3.62. The summed E-state index contributed by atoms with van der Waals surface area (Å²) in [7, 11) is 0. The predicted molar refractivity (Wildman–Crippen MR) is 124 cm³/mol. The van der Waals surface area contributed by atoms with Crippen LogP contribution in [0.4, 0.5) is 10.1 Å². The average Bonchev–Trinajstić information content (AvgIpc) is 3.47. The van der Waals surface area contributed by atoms with Gasteiger partial charge >= 0.3 is 0 Å². The zero-order chi connectivity index (χ0) is 21.1. The second-order valence-corrected chi connectivity index (χ2v) is 7.52. The molecular weight excluding hydrogens is 426 g/mol. The molecule has 0 aromatic heterocycles. The molecule has 2 heterocycles. The summed E-state index contributed by atoms with van der Waals surface area (Å²) in [6.45, 7) is 4.51. The van der Waals surface area contributed by atoms with Crippen LogP contribution < -0.4 is 10.2 Å². The van der Waals surface area contributed by atoms with E-state index >= 15 is 0 Å². The number of para-hydroxylation sites is 1. The van der Waals surface area contributed by atoms with Crippen molar-refractivity contribution in [3.63, 3.8) is 0 Å². The lowest BCUT2D eigenvalue weighted by Crippen LogP contribution is -2.19. The minimum absolute atomic E-state index is 0. The number of carbonyl (C=O) groups excluding carboxylic acids is 2. The zero-order valence-corrected chi connectivity index (χ0v) is 17.7. The number of hydrogen-bond acceptors (Lipinski definition) is 4. The van der Waals surface area contributed by atoms with E-state index < -0.39 is 5.82 Å². The maximum absolute atomic E-state index is 12.6. The summed E-state index contributed by atoms with van der Waals surface area (Å²) in [5.41, 5.74) is 1.59. The van der Waals surface area contributed by atoms with Gasteiger partial charge in [-0.1, -0.05) is 42.8 Å². The summed E-state index contributed by atoms with van der Waals surface area (Å²) in [6, 6.07) is 9.74. The van der Waals surface area contributed by atoms with Crippen LogP contribution in [0.15, 0.2) is 36.4 Å². The van der Waals surface area contributed by atoms with Crippen LogP contribution in [0.25, 0.3) is 0 Å². The fraction of sp³-hybridized carbons (Fsp3) is 0.391. The van der Waals surface area contributed by atoms with Crippen molar-refractivity contribution < 1.29 is 14.0 Å². The Morgan fingerprint density at radius 1 is 0.833 bits per heavy atom. The number of anilines is 1. The number of hydrogen-bond donors (Lipinski definition) is 1. The molecule has 0 amide bonds. The Labute approximate surface area is 188 Å². The summed E-state index contributed by atoms with van der Waals surface area (Å²) in [5.74, 6) is -0.654. The molecule has 1 N–H and O–H groups in total. The van der Waals surface area contributed by atoms with Crippen molar-refractivity contribution in [1.82, 2.24) is 5.32 Å². The number of halogens is 3. The van der Waals surface area contributed by atoms with E-state index in [1.165, 1.54) is 57.0 Å². The zero-order valence-electron chi connectivity index (χ0n) is 16.2. The Balaban J connectivity index is 0.000000246. The normalized spacial score (nSPS) is 14.6.